The van der Waals surface area contributed by atoms with Crippen LogP contribution in [0, 0.1) is 0 Å². The molecule has 0 radical (unpaired) electrons. The van der Waals surface area contributed by atoms with Crippen LogP contribution in [-0.2, 0) is 10.8 Å². The molecule has 0 spiro atoms. The standard InChI is InChI=1S/C11H17N3O3S/c1-16-9-7-10(17-2)14-11(13-9)12-8-3-5-18(15)6-4-8/h7-8H,3-6H2,1-2H3,(H,12,13,14). The Hall–Kier alpha value is -1.37. The van der Waals surface area contributed by atoms with E-state index in [4.69, 9.17) is 9.47 Å². The Balaban J connectivity index is 2.06. The highest BCUT2D eigenvalue weighted by atomic mass is 32.2. The molecule has 0 atom stereocenters. The molecule has 7 heteroatoms. The van der Waals surface area contributed by atoms with Crippen LogP contribution in [0.15, 0.2) is 6.07 Å². The number of nitrogens with one attached hydrogen (secondary N) is 1. The van der Waals surface area contributed by atoms with Gasteiger partial charge in [0.15, 0.2) is 0 Å². The zero-order valence-electron chi connectivity index (χ0n) is 10.5. The summed E-state index contributed by atoms with van der Waals surface area (Å²) in [6.07, 6.45) is 1.74. The second kappa shape index (κ2) is 5.99. The smallest absolute Gasteiger partial charge is 0.229 e. The van der Waals surface area contributed by atoms with Crippen molar-refractivity contribution in [1.29, 1.82) is 0 Å². The van der Waals surface area contributed by atoms with Crippen LogP contribution in [0.4, 0.5) is 5.95 Å². The molecule has 0 amide bonds. The first-order valence-corrected chi connectivity index (χ1v) is 7.28. The van der Waals surface area contributed by atoms with Crippen LogP contribution in [0.1, 0.15) is 12.8 Å². The second-order valence-corrected chi connectivity index (χ2v) is 5.74. The molecule has 100 valence electrons. The van der Waals surface area contributed by atoms with Crippen LogP contribution in [0.25, 0.3) is 0 Å². The van der Waals surface area contributed by atoms with Crippen LogP contribution in [-0.4, -0.2) is 45.9 Å². The third-order valence-corrected chi connectivity index (χ3v) is 4.20. The van der Waals surface area contributed by atoms with Crippen molar-refractivity contribution in [3.05, 3.63) is 6.07 Å². The predicted molar refractivity (Wildman–Crippen MR) is 69.7 cm³/mol. The topological polar surface area (TPSA) is 73.3 Å². The third kappa shape index (κ3) is 3.32. The maximum atomic E-state index is 11.3. The van der Waals surface area contributed by atoms with E-state index < -0.39 is 10.8 Å². The largest absolute Gasteiger partial charge is 0.481 e. The molecule has 0 aliphatic carbocycles. The van der Waals surface area contributed by atoms with Crippen molar-refractivity contribution in [2.45, 2.75) is 18.9 Å². The molecule has 0 bridgehead atoms. The van der Waals surface area contributed by atoms with Gasteiger partial charge in [0.25, 0.3) is 0 Å². The molecule has 2 heterocycles. The van der Waals surface area contributed by atoms with E-state index in [9.17, 15) is 4.21 Å². The summed E-state index contributed by atoms with van der Waals surface area (Å²) in [6, 6.07) is 1.89. The molecule has 1 saturated heterocycles. The van der Waals surface area contributed by atoms with Gasteiger partial charge in [-0.15, -0.1) is 0 Å². The Kier molecular flexibility index (Phi) is 4.35. The molecule has 1 fully saturated rings. The highest BCUT2D eigenvalue weighted by Gasteiger charge is 2.19. The summed E-state index contributed by atoms with van der Waals surface area (Å²) in [5, 5.41) is 3.23. The minimum Gasteiger partial charge on any atom is -0.481 e. The number of methoxy groups -OCH3 is 2. The lowest BCUT2D eigenvalue weighted by Crippen LogP contribution is -2.30. The molecule has 0 aromatic carbocycles. The summed E-state index contributed by atoms with van der Waals surface area (Å²) in [7, 11) is 2.44. The number of nitrogens with zero attached hydrogens (tertiary/aromatic N) is 2. The quantitative estimate of drug-likeness (QED) is 0.874. The van der Waals surface area contributed by atoms with E-state index in [1.807, 2.05) is 0 Å². The van der Waals surface area contributed by atoms with E-state index in [1.54, 1.807) is 20.3 Å². The molecule has 18 heavy (non-hydrogen) atoms. The summed E-state index contributed by atoms with van der Waals surface area (Å²) in [5.74, 6) is 2.88. The number of ether oxygens (including phenoxy) is 2. The lowest BCUT2D eigenvalue weighted by atomic mass is 10.2. The monoisotopic (exact) mass is 271 g/mol. The van der Waals surface area contributed by atoms with Gasteiger partial charge in [0, 0.05) is 28.3 Å². The van der Waals surface area contributed by atoms with Crippen LogP contribution in [0.3, 0.4) is 0 Å². The maximum Gasteiger partial charge on any atom is 0.229 e. The van der Waals surface area contributed by atoms with Gasteiger partial charge in [-0.3, -0.25) is 4.21 Å². The van der Waals surface area contributed by atoms with E-state index >= 15 is 0 Å². The Morgan fingerprint density at radius 2 is 1.78 bits per heavy atom. The minimum absolute atomic E-state index is 0.263. The average molecular weight is 271 g/mol. The van der Waals surface area contributed by atoms with E-state index in [0.29, 0.717) is 17.7 Å². The van der Waals surface area contributed by atoms with Gasteiger partial charge in [0.05, 0.1) is 20.3 Å². The van der Waals surface area contributed by atoms with E-state index in [0.717, 1.165) is 24.3 Å². The average Bonchev–Trinajstić information content (AvgIpc) is 2.41. The molecule has 6 nitrogen and oxygen atoms in total. The molecular formula is C11H17N3O3S. The van der Waals surface area contributed by atoms with Gasteiger partial charge < -0.3 is 14.8 Å². The predicted octanol–water partition coefficient (Wildman–Crippen LogP) is 0.817. The van der Waals surface area contributed by atoms with Gasteiger partial charge >= 0.3 is 0 Å². The summed E-state index contributed by atoms with van der Waals surface area (Å²) in [4.78, 5) is 8.43. The molecule has 0 unspecified atom stereocenters. The summed E-state index contributed by atoms with van der Waals surface area (Å²) >= 11 is 0. The Morgan fingerprint density at radius 1 is 1.22 bits per heavy atom. The van der Waals surface area contributed by atoms with Crippen molar-refractivity contribution in [3.8, 4) is 11.8 Å². The van der Waals surface area contributed by atoms with E-state index in [-0.39, 0.29) is 6.04 Å². The van der Waals surface area contributed by atoms with E-state index in [1.165, 1.54) is 0 Å². The number of hydrogen-bond acceptors (Lipinski definition) is 6. The molecule has 1 N–H and O–H groups in total. The van der Waals surface area contributed by atoms with Crippen molar-refractivity contribution in [2.24, 2.45) is 0 Å². The molecule has 1 aromatic heterocycles. The van der Waals surface area contributed by atoms with Crippen molar-refractivity contribution >= 4 is 16.7 Å². The van der Waals surface area contributed by atoms with E-state index in [2.05, 4.69) is 15.3 Å². The van der Waals surface area contributed by atoms with Gasteiger partial charge in [-0.25, -0.2) is 0 Å². The lowest BCUT2D eigenvalue weighted by molar-refractivity contribution is 0.372. The van der Waals surface area contributed by atoms with Crippen molar-refractivity contribution in [3.63, 3.8) is 0 Å². The van der Waals surface area contributed by atoms with Crippen molar-refractivity contribution in [1.82, 2.24) is 9.97 Å². The zero-order valence-corrected chi connectivity index (χ0v) is 11.3. The fourth-order valence-corrected chi connectivity index (χ4v) is 3.10. The fourth-order valence-electron chi connectivity index (χ4n) is 1.80. The van der Waals surface area contributed by atoms with Crippen LogP contribution >= 0.6 is 0 Å². The summed E-state index contributed by atoms with van der Waals surface area (Å²) in [5.41, 5.74) is 0. The molecule has 0 saturated carbocycles. The number of hydrogen-bond donors (Lipinski definition) is 1. The SMILES string of the molecule is COc1cc(OC)nc(NC2CCS(=O)CC2)n1. The third-order valence-electron chi connectivity index (χ3n) is 2.82. The van der Waals surface area contributed by atoms with Crippen LogP contribution < -0.4 is 14.8 Å². The molecule has 2 rings (SSSR count). The van der Waals surface area contributed by atoms with Gasteiger partial charge in [0.2, 0.25) is 17.7 Å². The van der Waals surface area contributed by atoms with Gasteiger partial charge in [-0.05, 0) is 12.8 Å². The van der Waals surface area contributed by atoms with Crippen molar-refractivity contribution < 1.29 is 13.7 Å². The van der Waals surface area contributed by atoms with Crippen LogP contribution in [0.5, 0.6) is 11.8 Å². The first-order chi connectivity index (χ1) is 8.71. The minimum atomic E-state index is -0.661. The maximum absolute atomic E-state index is 11.3. The first kappa shape index (κ1) is 13.1. The molecule has 1 aliphatic rings. The molecule has 1 aromatic rings. The molecule has 1 aliphatic heterocycles. The van der Waals surface area contributed by atoms with Crippen molar-refractivity contribution in [2.75, 3.05) is 31.0 Å². The first-order valence-electron chi connectivity index (χ1n) is 5.80. The van der Waals surface area contributed by atoms with Crippen LogP contribution in [0.2, 0.25) is 0 Å². The molecular weight excluding hydrogens is 254 g/mol. The summed E-state index contributed by atoms with van der Waals surface area (Å²) in [6.45, 7) is 0. The van der Waals surface area contributed by atoms with Gasteiger partial charge in [-0.2, -0.15) is 9.97 Å². The van der Waals surface area contributed by atoms with Gasteiger partial charge in [-0.1, -0.05) is 0 Å². The zero-order chi connectivity index (χ0) is 13.0. The highest BCUT2D eigenvalue weighted by molar-refractivity contribution is 7.85. The normalized spacial score (nSPS) is 23.4. The summed E-state index contributed by atoms with van der Waals surface area (Å²) < 4.78 is 21.4. The Labute approximate surface area is 109 Å². The number of anilines is 1. The Bertz CT molecular complexity index is 409. The number of aromatic nitrogens is 2. The fraction of sp³-hybridized carbons (Fsp3) is 0.636. The highest BCUT2D eigenvalue weighted by Crippen LogP contribution is 2.20. The number of rotatable bonds is 4. The Morgan fingerprint density at radius 3 is 2.28 bits per heavy atom. The lowest BCUT2D eigenvalue weighted by Gasteiger charge is -2.22. The second-order valence-electron chi connectivity index (χ2n) is 4.04. The van der Waals surface area contributed by atoms with Gasteiger partial charge in [0.1, 0.15) is 0 Å².